The van der Waals surface area contributed by atoms with Gasteiger partial charge in [0.1, 0.15) is 5.82 Å². The van der Waals surface area contributed by atoms with E-state index in [0.717, 1.165) is 24.5 Å². The van der Waals surface area contributed by atoms with Gasteiger partial charge in [-0.3, -0.25) is 10.1 Å². The average Bonchev–Trinajstić information content (AvgIpc) is 3.28. The molecule has 30 heavy (non-hydrogen) atoms. The number of rotatable bonds is 7. The highest BCUT2D eigenvalue weighted by Gasteiger charge is 2.22. The van der Waals surface area contributed by atoms with E-state index < -0.39 is 4.92 Å². The summed E-state index contributed by atoms with van der Waals surface area (Å²) in [7, 11) is 1.85. The van der Waals surface area contributed by atoms with E-state index in [1.54, 1.807) is 6.07 Å². The molecule has 1 aromatic heterocycles. The Hall–Kier alpha value is -2.95. The maximum absolute atomic E-state index is 11.5. The van der Waals surface area contributed by atoms with Crippen molar-refractivity contribution in [3.63, 3.8) is 0 Å². The Morgan fingerprint density at radius 3 is 2.50 bits per heavy atom. The molecule has 2 aliphatic heterocycles. The first kappa shape index (κ1) is 20.3. The highest BCUT2D eigenvalue weighted by molar-refractivity contribution is 5.69. The standard InChI is InChI=1S/C20H25N5O5/c1-23(14-19-29-12-13-30-19)18-7-6-17(25(26)27)20(22-18)21-15-2-4-16(5-3-15)24-8-10-28-11-9-24/h2-7,19H,8-14H2,1H3,(H,21,22). The van der Waals surface area contributed by atoms with E-state index in [-0.39, 0.29) is 17.8 Å². The number of ether oxygens (including phenoxy) is 3. The van der Waals surface area contributed by atoms with Crippen molar-refractivity contribution in [2.45, 2.75) is 6.29 Å². The lowest BCUT2D eigenvalue weighted by Gasteiger charge is -2.28. The minimum absolute atomic E-state index is 0.0854. The second-order valence-corrected chi connectivity index (χ2v) is 7.12. The third-order valence-corrected chi connectivity index (χ3v) is 5.07. The van der Waals surface area contributed by atoms with E-state index >= 15 is 0 Å². The van der Waals surface area contributed by atoms with Gasteiger partial charge in [-0.25, -0.2) is 4.98 Å². The van der Waals surface area contributed by atoms with Crippen molar-refractivity contribution >= 4 is 28.7 Å². The summed E-state index contributed by atoms with van der Waals surface area (Å²) in [5.41, 5.74) is 1.74. The van der Waals surface area contributed by atoms with Crippen LogP contribution < -0.4 is 15.1 Å². The molecule has 0 spiro atoms. The summed E-state index contributed by atoms with van der Waals surface area (Å²) in [6.45, 7) is 4.75. The van der Waals surface area contributed by atoms with Crippen LogP contribution in [0.4, 0.5) is 28.7 Å². The van der Waals surface area contributed by atoms with E-state index in [1.807, 2.05) is 36.2 Å². The molecule has 0 radical (unpaired) electrons. The Morgan fingerprint density at radius 2 is 1.83 bits per heavy atom. The third-order valence-electron chi connectivity index (χ3n) is 5.07. The maximum atomic E-state index is 11.5. The molecule has 2 fully saturated rings. The van der Waals surface area contributed by atoms with Gasteiger partial charge in [0, 0.05) is 37.6 Å². The van der Waals surface area contributed by atoms with Gasteiger partial charge in [-0.1, -0.05) is 0 Å². The fourth-order valence-electron chi connectivity index (χ4n) is 3.44. The van der Waals surface area contributed by atoms with Crippen LogP contribution in [0.25, 0.3) is 0 Å². The van der Waals surface area contributed by atoms with E-state index in [0.29, 0.717) is 38.8 Å². The molecule has 2 aromatic rings. The number of likely N-dealkylation sites (N-methyl/N-ethyl adjacent to an activating group) is 1. The van der Waals surface area contributed by atoms with Gasteiger partial charge in [-0.2, -0.15) is 0 Å². The zero-order chi connectivity index (χ0) is 20.9. The van der Waals surface area contributed by atoms with E-state index in [2.05, 4.69) is 15.2 Å². The number of morpholine rings is 1. The second kappa shape index (κ2) is 9.24. The Bertz CT molecular complexity index is 866. The van der Waals surface area contributed by atoms with Gasteiger partial charge < -0.3 is 29.3 Å². The van der Waals surface area contributed by atoms with Crippen molar-refractivity contribution in [2.24, 2.45) is 0 Å². The third kappa shape index (κ3) is 4.78. The average molecular weight is 415 g/mol. The molecular weight excluding hydrogens is 390 g/mol. The van der Waals surface area contributed by atoms with Crippen LogP contribution in [-0.2, 0) is 14.2 Å². The number of pyridine rings is 1. The molecule has 0 amide bonds. The normalized spacial score (nSPS) is 17.2. The Labute approximate surface area is 174 Å². The molecule has 1 N–H and O–H groups in total. The fourth-order valence-corrected chi connectivity index (χ4v) is 3.44. The number of hydrogen-bond donors (Lipinski definition) is 1. The van der Waals surface area contributed by atoms with Gasteiger partial charge in [-0.05, 0) is 30.3 Å². The lowest BCUT2D eigenvalue weighted by Crippen LogP contribution is -2.36. The zero-order valence-electron chi connectivity index (χ0n) is 16.8. The van der Waals surface area contributed by atoms with Crippen molar-refractivity contribution in [1.82, 2.24) is 4.98 Å². The van der Waals surface area contributed by atoms with Crippen LogP contribution in [0.15, 0.2) is 36.4 Å². The van der Waals surface area contributed by atoms with Crippen molar-refractivity contribution in [3.8, 4) is 0 Å². The Kier molecular flexibility index (Phi) is 6.26. The number of anilines is 4. The number of aromatic nitrogens is 1. The van der Waals surface area contributed by atoms with E-state index in [9.17, 15) is 10.1 Å². The number of benzene rings is 1. The van der Waals surface area contributed by atoms with E-state index in [4.69, 9.17) is 14.2 Å². The Morgan fingerprint density at radius 1 is 1.13 bits per heavy atom. The molecule has 0 saturated carbocycles. The number of nitrogens with one attached hydrogen (secondary N) is 1. The lowest BCUT2D eigenvalue weighted by molar-refractivity contribution is -0.384. The first-order valence-corrected chi connectivity index (χ1v) is 9.90. The van der Waals surface area contributed by atoms with Gasteiger partial charge in [0.25, 0.3) is 0 Å². The molecule has 0 bridgehead atoms. The summed E-state index contributed by atoms with van der Waals surface area (Å²) >= 11 is 0. The molecule has 2 saturated heterocycles. The molecule has 1 aromatic carbocycles. The number of nitro groups is 1. The van der Waals surface area contributed by atoms with Crippen LogP contribution >= 0.6 is 0 Å². The van der Waals surface area contributed by atoms with Crippen LogP contribution in [0.5, 0.6) is 0 Å². The topological polar surface area (TPSA) is 102 Å². The number of hydrogen-bond acceptors (Lipinski definition) is 9. The van der Waals surface area contributed by atoms with Crippen molar-refractivity contribution in [3.05, 3.63) is 46.5 Å². The smallest absolute Gasteiger partial charge is 0.311 e. The van der Waals surface area contributed by atoms with Crippen LogP contribution in [0.2, 0.25) is 0 Å². The number of nitrogens with zero attached hydrogens (tertiary/aromatic N) is 4. The van der Waals surface area contributed by atoms with Crippen molar-refractivity contribution in [1.29, 1.82) is 0 Å². The van der Waals surface area contributed by atoms with Crippen LogP contribution in [0.1, 0.15) is 0 Å². The molecule has 0 unspecified atom stereocenters. The minimum atomic E-state index is -0.440. The zero-order valence-corrected chi connectivity index (χ0v) is 16.8. The van der Waals surface area contributed by atoms with Crippen LogP contribution in [-0.4, -0.2) is 69.3 Å². The van der Waals surface area contributed by atoms with Gasteiger partial charge >= 0.3 is 5.69 Å². The summed E-state index contributed by atoms with van der Waals surface area (Å²) in [4.78, 5) is 19.6. The summed E-state index contributed by atoms with van der Waals surface area (Å²) in [6.07, 6.45) is -0.323. The molecule has 0 atom stereocenters. The summed E-state index contributed by atoms with van der Waals surface area (Å²) < 4.78 is 16.3. The van der Waals surface area contributed by atoms with Crippen molar-refractivity contribution < 1.29 is 19.1 Å². The lowest BCUT2D eigenvalue weighted by atomic mass is 10.2. The van der Waals surface area contributed by atoms with Gasteiger partial charge in [0.2, 0.25) is 5.82 Å². The molecule has 4 rings (SSSR count). The highest BCUT2D eigenvalue weighted by Crippen LogP contribution is 2.29. The van der Waals surface area contributed by atoms with E-state index in [1.165, 1.54) is 6.07 Å². The Balaban J connectivity index is 1.50. The van der Waals surface area contributed by atoms with Gasteiger partial charge in [-0.15, -0.1) is 0 Å². The molecule has 0 aliphatic carbocycles. The van der Waals surface area contributed by atoms with Gasteiger partial charge in [0.05, 0.1) is 37.9 Å². The van der Waals surface area contributed by atoms with Gasteiger partial charge in [0.15, 0.2) is 6.29 Å². The summed E-state index contributed by atoms with van der Waals surface area (Å²) in [5, 5.41) is 14.6. The minimum Gasteiger partial charge on any atom is -0.378 e. The van der Waals surface area contributed by atoms with Crippen LogP contribution in [0, 0.1) is 10.1 Å². The quantitative estimate of drug-likeness (QED) is 0.539. The predicted molar refractivity (Wildman–Crippen MR) is 113 cm³/mol. The largest absolute Gasteiger partial charge is 0.378 e. The molecule has 2 aliphatic rings. The maximum Gasteiger partial charge on any atom is 0.311 e. The first-order valence-electron chi connectivity index (χ1n) is 9.90. The predicted octanol–water partition coefficient (Wildman–Crippen LogP) is 2.38. The molecule has 10 heteroatoms. The molecule has 3 heterocycles. The van der Waals surface area contributed by atoms with Crippen LogP contribution in [0.3, 0.4) is 0 Å². The molecule has 10 nitrogen and oxygen atoms in total. The fraction of sp³-hybridized carbons (Fsp3) is 0.450. The summed E-state index contributed by atoms with van der Waals surface area (Å²) in [5.74, 6) is 0.781. The second-order valence-electron chi connectivity index (χ2n) is 7.12. The van der Waals surface area contributed by atoms with Crippen molar-refractivity contribution in [2.75, 3.05) is 68.2 Å². The molecular formula is C20H25N5O5. The summed E-state index contributed by atoms with van der Waals surface area (Å²) in [6, 6.07) is 10.9. The highest BCUT2D eigenvalue weighted by atomic mass is 16.7. The SMILES string of the molecule is CN(CC1OCCO1)c1ccc([N+](=O)[O-])c(Nc2ccc(N3CCOCC3)cc2)n1. The molecule has 160 valence electrons. The first-order chi connectivity index (χ1) is 14.6. The monoisotopic (exact) mass is 415 g/mol.